The summed E-state index contributed by atoms with van der Waals surface area (Å²) in [6.07, 6.45) is 1.94. The van der Waals surface area contributed by atoms with E-state index in [1.165, 1.54) is 11.1 Å². The first kappa shape index (κ1) is 20.3. The molecule has 4 nitrogen and oxygen atoms in total. The molecule has 160 valence electrons. The van der Waals surface area contributed by atoms with E-state index in [-0.39, 0.29) is 5.41 Å². The van der Waals surface area contributed by atoms with E-state index in [1.54, 1.807) is 7.11 Å². The normalized spacial score (nSPS) is 11.9. The Morgan fingerprint density at radius 1 is 0.844 bits per heavy atom. The van der Waals surface area contributed by atoms with Crippen LogP contribution in [0.5, 0.6) is 5.75 Å². The number of hydrogen-bond donors (Lipinski definition) is 0. The number of ether oxygens (including phenoxy) is 1. The summed E-state index contributed by atoms with van der Waals surface area (Å²) in [6.45, 7) is 8.78. The first-order valence-electron chi connectivity index (χ1n) is 10.9. The summed E-state index contributed by atoms with van der Waals surface area (Å²) in [5.74, 6) is 0.805. The standard InChI is InChI=1S/C28H27N3O/c1-18-6-8-19(9-7-18)26-24-17-29-25-15-14-22(32-5)16-23(25)27(24)31(30-26)21-12-10-20(11-13-21)28(2,3)4/h6-17H,1-5H3. The monoisotopic (exact) mass is 421 g/mol. The summed E-state index contributed by atoms with van der Waals surface area (Å²) in [5, 5.41) is 7.14. The van der Waals surface area contributed by atoms with E-state index in [0.717, 1.165) is 44.5 Å². The molecule has 2 aromatic heterocycles. The van der Waals surface area contributed by atoms with Crippen molar-refractivity contribution in [2.45, 2.75) is 33.1 Å². The molecule has 0 radical (unpaired) electrons. The van der Waals surface area contributed by atoms with E-state index in [2.05, 4.69) is 76.2 Å². The Morgan fingerprint density at radius 3 is 2.22 bits per heavy atom. The van der Waals surface area contributed by atoms with Crippen molar-refractivity contribution in [2.24, 2.45) is 0 Å². The van der Waals surface area contributed by atoms with Crippen molar-refractivity contribution >= 4 is 21.8 Å². The average Bonchev–Trinajstić information content (AvgIpc) is 3.19. The molecule has 0 aliphatic rings. The summed E-state index contributed by atoms with van der Waals surface area (Å²) in [4.78, 5) is 4.73. The maximum absolute atomic E-state index is 5.52. The minimum Gasteiger partial charge on any atom is -0.497 e. The van der Waals surface area contributed by atoms with Crippen LogP contribution >= 0.6 is 0 Å². The molecule has 0 bridgehead atoms. The summed E-state index contributed by atoms with van der Waals surface area (Å²) in [6, 6.07) is 23.2. The lowest BCUT2D eigenvalue weighted by molar-refractivity contribution is 0.415. The van der Waals surface area contributed by atoms with Gasteiger partial charge in [0.05, 0.1) is 23.8 Å². The fraction of sp³-hybridized carbons (Fsp3) is 0.214. The van der Waals surface area contributed by atoms with Gasteiger partial charge in [-0.2, -0.15) is 5.10 Å². The van der Waals surface area contributed by atoms with Crippen molar-refractivity contribution in [1.29, 1.82) is 0 Å². The van der Waals surface area contributed by atoms with Crippen LogP contribution in [0.1, 0.15) is 31.9 Å². The third-order valence-corrected chi connectivity index (χ3v) is 6.02. The molecule has 0 unspecified atom stereocenters. The van der Waals surface area contributed by atoms with E-state index < -0.39 is 0 Å². The number of aromatic nitrogens is 3. The van der Waals surface area contributed by atoms with E-state index in [0.29, 0.717) is 0 Å². The van der Waals surface area contributed by atoms with E-state index >= 15 is 0 Å². The number of nitrogens with zero attached hydrogens (tertiary/aromatic N) is 3. The number of aryl methyl sites for hydroxylation is 1. The van der Waals surface area contributed by atoms with Crippen LogP contribution in [0, 0.1) is 6.92 Å². The molecule has 5 rings (SSSR count). The van der Waals surface area contributed by atoms with Crippen molar-refractivity contribution in [2.75, 3.05) is 7.11 Å². The highest BCUT2D eigenvalue weighted by atomic mass is 16.5. The van der Waals surface area contributed by atoms with Crippen LogP contribution < -0.4 is 4.74 Å². The second kappa shape index (κ2) is 7.49. The van der Waals surface area contributed by atoms with Crippen LogP contribution in [-0.2, 0) is 5.41 Å². The fourth-order valence-corrected chi connectivity index (χ4v) is 4.10. The van der Waals surface area contributed by atoms with Crippen molar-refractivity contribution in [3.05, 3.63) is 84.1 Å². The van der Waals surface area contributed by atoms with Crippen LogP contribution in [0.25, 0.3) is 38.8 Å². The molecule has 0 saturated carbocycles. The molecule has 0 saturated heterocycles. The Bertz CT molecular complexity index is 1420. The Hall–Kier alpha value is -3.66. The molecular formula is C28H27N3O. The lowest BCUT2D eigenvalue weighted by Crippen LogP contribution is -2.11. The number of rotatable bonds is 3. The van der Waals surface area contributed by atoms with Gasteiger partial charge >= 0.3 is 0 Å². The quantitative estimate of drug-likeness (QED) is 0.320. The van der Waals surface area contributed by atoms with Gasteiger partial charge in [0.25, 0.3) is 0 Å². The first-order valence-corrected chi connectivity index (χ1v) is 10.9. The van der Waals surface area contributed by atoms with Gasteiger partial charge in [-0.15, -0.1) is 0 Å². The zero-order chi connectivity index (χ0) is 22.5. The predicted molar refractivity (Wildman–Crippen MR) is 132 cm³/mol. The fourth-order valence-electron chi connectivity index (χ4n) is 4.10. The Balaban J connectivity index is 1.82. The van der Waals surface area contributed by atoms with Crippen LogP contribution in [0.4, 0.5) is 0 Å². The van der Waals surface area contributed by atoms with Gasteiger partial charge in [0.15, 0.2) is 0 Å². The third kappa shape index (κ3) is 3.42. The molecule has 32 heavy (non-hydrogen) atoms. The van der Waals surface area contributed by atoms with Crippen LogP contribution in [0.15, 0.2) is 72.9 Å². The predicted octanol–water partition coefficient (Wildman–Crippen LogP) is 6.86. The second-order valence-corrected chi connectivity index (χ2v) is 9.33. The molecule has 3 aromatic carbocycles. The van der Waals surface area contributed by atoms with E-state index in [4.69, 9.17) is 14.8 Å². The highest BCUT2D eigenvalue weighted by Crippen LogP contribution is 2.35. The third-order valence-electron chi connectivity index (χ3n) is 6.02. The van der Waals surface area contributed by atoms with Crippen molar-refractivity contribution in [3.8, 4) is 22.7 Å². The highest BCUT2D eigenvalue weighted by molar-refractivity contribution is 6.09. The Kier molecular flexibility index (Phi) is 4.74. The Labute approximate surface area is 188 Å². The SMILES string of the molecule is COc1ccc2ncc3c(-c4ccc(C)cc4)nn(-c4ccc(C(C)(C)C)cc4)c3c2c1. The number of fused-ring (bicyclic) bond motifs is 3. The van der Waals surface area contributed by atoms with Gasteiger partial charge in [0, 0.05) is 22.5 Å². The van der Waals surface area contributed by atoms with Gasteiger partial charge in [0.2, 0.25) is 0 Å². The highest BCUT2D eigenvalue weighted by Gasteiger charge is 2.19. The zero-order valence-electron chi connectivity index (χ0n) is 19.2. The maximum atomic E-state index is 5.52. The molecule has 0 aliphatic carbocycles. The summed E-state index contributed by atoms with van der Waals surface area (Å²) in [7, 11) is 1.69. The maximum Gasteiger partial charge on any atom is 0.119 e. The number of hydrogen-bond acceptors (Lipinski definition) is 3. The summed E-state index contributed by atoms with van der Waals surface area (Å²) in [5.41, 5.74) is 7.60. The minimum absolute atomic E-state index is 0.0990. The van der Waals surface area contributed by atoms with Crippen molar-refractivity contribution in [3.63, 3.8) is 0 Å². The molecule has 0 aliphatic heterocycles. The zero-order valence-corrected chi connectivity index (χ0v) is 19.2. The molecule has 0 N–H and O–H groups in total. The number of methoxy groups -OCH3 is 1. The molecular weight excluding hydrogens is 394 g/mol. The van der Waals surface area contributed by atoms with E-state index in [9.17, 15) is 0 Å². The smallest absolute Gasteiger partial charge is 0.119 e. The molecule has 2 heterocycles. The molecule has 0 fully saturated rings. The lowest BCUT2D eigenvalue weighted by atomic mass is 9.87. The molecule has 5 aromatic rings. The van der Waals surface area contributed by atoms with Crippen molar-refractivity contribution < 1.29 is 4.74 Å². The first-order chi connectivity index (χ1) is 15.3. The number of pyridine rings is 1. The molecule has 4 heteroatoms. The molecule has 0 atom stereocenters. The lowest BCUT2D eigenvalue weighted by Gasteiger charge is -2.19. The Morgan fingerprint density at radius 2 is 1.56 bits per heavy atom. The number of benzene rings is 3. The minimum atomic E-state index is 0.0990. The van der Waals surface area contributed by atoms with Crippen LogP contribution in [0.2, 0.25) is 0 Å². The van der Waals surface area contributed by atoms with Gasteiger partial charge in [0.1, 0.15) is 11.4 Å². The van der Waals surface area contributed by atoms with Crippen molar-refractivity contribution in [1.82, 2.24) is 14.8 Å². The summed E-state index contributed by atoms with van der Waals surface area (Å²) < 4.78 is 7.56. The van der Waals surface area contributed by atoms with Gasteiger partial charge in [-0.1, -0.05) is 62.7 Å². The molecule has 0 spiro atoms. The van der Waals surface area contributed by atoms with Crippen LogP contribution in [-0.4, -0.2) is 21.9 Å². The molecule has 0 amide bonds. The topological polar surface area (TPSA) is 39.9 Å². The van der Waals surface area contributed by atoms with Gasteiger partial charge in [-0.3, -0.25) is 4.98 Å². The van der Waals surface area contributed by atoms with Gasteiger partial charge in [-0.25, -0.2) is 4.68 Å². The second-order valence-electron chi connectivity index (χ2n) is 9.33. The van der Waals surface area contributed by atoms with E-state index in [1.807, 2.05) is 29.1 Å². The van der Waals surface area contributed by atoms with Crippen LogP contribution in [0.3, 0.4) is 0 Å². The van der Waals surface area contributed by atoms with Gasteiger partial charge < -0.3 is 4.74 Å². The largest absolute Gasteiger partial charge is 0.497 e. The average molecular weight is 422 g/mol. The summed E-state index contributed by atoms with van der Waals surface area (Å²) >= 11 is 0. The van der Waals surface area contributed by atoms with Gasteiger partial charge in [-0.05, 0) is 48.2 Å².